The normalized spacial score (nSPS) is 21.2. The zero-order valence-corrected chi connectivity index (χ0v) is 22.2. The third-order valence-electron chi connectivity index (χ3n) is 8.01. The summed E-state index contributed by atoms with van der Waals surface area (Å²) in [5, 5.41) is 8.56. The van der Waals surface area contributed by atoms with Gasteiger partial charge in [0.25, 0.3) is 12.3 Å². The summed E-state index contributed by atoms with van der Waals surface area (Å²) in [6, 6.07) is 9.59. The number of carbonyl (C=O) groups excluding carboxylic acids is 1. The number of ether oxygens (including phenoxy) is 1. The third kappa shape index (κ3) is 6.31. The Morgan fingerprint density at radius 1 is 1.13 bits per heavy atom. The maximum Gasteiger partial charge on any atom is 0.274 e. The molecule has 204 valence electrons. The van der Waals surface area contributed by atoms with E-state index in [2.05, 4.69) is 20.3 Å². The van der Waals surface area contributed by atoms with Gasteiger partial charge in [-0.2, -0.15) is 5.10 Å². The van der Waals surface area contributed by atoms with Crippen molar-refractivity contribution in [3.05, 3.63) is 53.3 Å². The molecule has 9 heteroatoms. The monoisotopic (exact) mass is 525 g/mol. The van der Waals surface area contributed by atoms with Crippen molar-refractivity contribution in [3.8, 4) is 5.88 Å². The third-order valence-corrected chi connectivity index (χ3v) is 8.01. The van der Waals surface area contributed by atoms with Crippen LogP contribution in [0.1, 0.15) is 60.6 Å². The lowest BCUT2D eigenvalue weighted by atomic mass is 9.84. The molecule has 1 amide bonds. The second kappa shape index (κ2) is 11.8. The van der Waals surface area contributed by atoms with E-state index in [0.717, 1.165) is 81.2 Å². The minimum Gasteiger partial charge on any atom is -0.469 e. The second-order valence-corrected chi connectivity index (χ2v) is 10.8. The molecule has 1 aliphatic heterocycles. The van der Waals surface area contributed by atoms with Crippen LogP contribution in [0.5, 0.6) is 5.88 Å². The number of alkyl halides is 2. The summed E-state index contributed by atoms with van der Waals surface area (Å²) in [6.07, 6.45) is 5.35. The molecule has 5 rings (SSSR count). The van der Waals surface area contributed by atoms with Crippen LogP contribution in [-0.2, 0) is 19.9 Å². The van der Waals surface area contributed by atoms with E-state index in [9.17, 15) is 13.6 Å². The van der Waals surface area contributed by atoms with Gasteiger partial charge >= 0.3 is 0 Å². The highest BCUT2D eigenvalue weighted by atomic mass is 19.3. The molecule has 1 aromatic carbocycles. The number of aryl methyl sites for hydroxylation is 1. The van der Waals surface area contributed by atoms with E-state index in [4.69, 9.17) is 4.74 Å². The molecular formula is C29H37F2N5O2. The van der Waals surface area contributed by atoms with Crippen molar-refractivity contribution in [2.24, 2.45) is 13.0 Å². The zero-order valence-electron chi connectivity index (χ0n) is 22.2. The molecule has 1 atom stereocenters. The Hall–Kier alpha value is -3.07. The van der Waals surface area contributed by atoms with Crippen molar-refractivity contribution in [2.75, 3.05) is 19.6 Å². The van der Waals surface area contributed by atoms with Crippen LogP contribution >= 0.6 is 0 Å². The van der Waals surface area contributed by atoms with Gasteiger partial charge in [-0.15, -0.1) is 0 Å². The zero-order chi connectivity index (χ0) is 26.6. The number of nitrogens with zero attached hydrogens (tertiary/aromatic N) is 4. The number of rotatable bonds is 8. The summed E-state index contributed by atoms with van der Waals surface area (Å²) in [6.45, 7) is 4.31. The van der Waals surface area contributed by atoms with Gasteiger partial charge in [0.15, 0.2) is 6.10 Å². The van der Waals surface area contributed by atoms with E-state index in [1.54, 1.807) is 10.7 Å². The molecule has 1 N–H and O–H groups in total. The summed E-state index contributed by atoms with van der Waals surface area (Å²) >= 11 is 0. The number of hydrogen-bond donors (Lipinski definition) is 1. The van der Waals surface area contributed by atoms with Crippen molar-refractivity contribution in [3.63, 3.8) is 0 Å². The molecule has 2 aliphatic rings. The Morgan fingerprint density at radius 2 is 1.92 bits per heavy atom. The highest BCUT2D eigenvalue weighted by molar-refractivity contribution is 6.06. The average Bonchev–Trinajstić information content (AvgIpc) is 3.17. The van der Waals surface area contributed by atoms with Gasteiger partial charge in [0.2, 0.25) is 5.88 Å². The van der Waals surface area contributed by atoms with Crippen LogP contribution in [0.4, 0.5) is 8.78 Å². The first-order valence-corrected chi connectivity index (χ1v) is 13.7. The summed E-state index contributed by atoms with van der Waals surface area (Å²) in [5.41, 5.74) is 3.68. The first-order chi connectivity index (χ1) is 18.4. The molecule has 0 radical (unpaired) electrons. The van der Waals surface area contributed by atoms with E-state index in [-0.39, 0.29) is 17.8 Å². The lowest BCUT2D eigenvalue weighted by Gasteiger charge is -2.30. The van der Waals surface area contributed by atoms with E-state index in [1.807, 2.05) is 37.5 Å². The van der Waals surface area contributed by atoms with Crippen LogP contribution in [0.25, 0.3) is 10.9 Å². The minimum atomic E-state index is -2.53. The molecule has 2 aromatic heterocycles. The quantitative estimate of drug-likeness (QED) is 0.458. The molecule has 1 saturated carbocycles. The maximum absolute atomic E-state index is 13.0. The standard InChI is InChI=1S/C29H37F2N5O2/c1-19(28(30)31)38-27-11-8-21-13-16-36(17-14-25(21)33-27)15-12-20-6-9-22(10-7-20)32-29(37)23-4-3-5-26-24(23)18-35(2)34-26/h3-5,8,11,18-20,22,28H,6-7,9-10,12-17H2,1-2H3,(H,32,37). The Labute approximate surface area is 222 Å². The van der Waals surface area contributed by atoms with E-state index in [1.165, 1.54) is 12.5 Å². The molecule has 3 heterocycles. The Kier molecular flexibility index (Phi) is 8.21. The fourth-order valence-corrected chi connectivity index (χ4v) is 5.72. The largest absolute Gasteiger partial charge is 0.469 e. The predicted octanol–water partition coefficient (Wildman–Crippen LogP) is 4.78. The number of fused-ring (bicyclic) bond motifs is 2. The Balaban J connectivity index is 1.06. The van der Waals surface area contributed by atoms with Gasteiger partial charge < -0.3 is 15.0 Å². The first-order valence-electron chi connectivity index (χ1n) is 13.7. The molecule has 1 fully saturated rings. The second-order valence-electron chi connectivity index (χ2n) is 10.8. The Bertz CT molecular complexity index is 1250. The van der Waals surface area contributed by atoms with E-state index < -0.39 is 12.5 Å². The number of benzene rings is 1. The topological polar surface area (TPSA) is 72.3 Å². The van der Waals surface area contributed by atoms with Crippen LogP contribution < -0.4 is 10.1 Å². The van der Waals surface area contributed by atoms with Crippen molar-refractivity contribution in [1.29, 1.82) is 0 Å². The van der Waals surface area contributed by atoms with Gasteiger partial charge in [-0.05, 0) is 75.6 Å². The number of carbonyl (C=O) groups is 1. The summed E-state index contributed by atoms with van der Waals surface area (Å²) < 4.78 is 32.7. The summed E-state index contributed by atoms with van der Waals surface area (Å²) in [4.78, 5) is 20.0. The molecule has 1 aliphatic carbocycles. The van der Waals surface area contributed by atoms with Gasteiger partial charge in [-0.1, -0.05) is 12.1 Å². The lowest BCUT2D eigenvalue weighted by Crippen LogP contribution is -2.38. The predicted molar refractivity (Wildman–Crippen MR) is 143 cm³/mol. The van der Waals surface area contributed by atoms with Gasteiger partial charge in [0.05, 0.1) is 11.1 Å². The van der Waals surface area contributed by atoms with Crippen molar-refractivity contribution < 1.29 is 18.3 Å². The SMILES string of the molecule is CC(Oc1ccc2c(n1)CCN(CCC1CCC(NC(=O)c3cccc4nn(C)cc34)CC1)CC2)C(F)F. The highest BCUT2D eigenvalue weighted by Crippen LogP contribution is 2.28. The molecule has 38 heavy (non-hydrogen) atoms. The van der Waals surface area contributed by atoms with Crippen LogP contribution in [0.2, 0.25) is 0 Å². The van der Waals surface area contributed by atoms with Crippen LogP contribution in [0.3, 0.4) is 0 Å². The first kappa shape index (κ1) is 26.5. The number of aromatic nitrogens is 3. The summed E-state index contributed by atoms with van der Waals surface area (Å²) in [5.74, 6) is 0.942. The molecule has 0 spiro atoms. The smallest absolute Gasteiger partial charge is 0.274 e. The van der Waals surface area contributed by atoms with Gasteiger partial charge in [0, 0.05) is 55.9 Å². The highest BCUT2D eigenvalue weighted by Gasteiger charge is 2.25. The lowest BCUT2D eigenvalue weighted by molar-refractivity contribution is 0.0200. The number of nitrogens with one attached hydrogen (secondary N) is 1. The molecule has 7 nitrogen and oxygen atoms in total. The molecule has 0 saturated heterocycles. The Morgan fingerprint density at radius 3 is 2.71 bits per heavy atom. The summed E-state index contributed by atoms with van der Waals surface area (Å²) in [7, 11) is 1.87. The van der Waals surface area contributed by atoms with Gasteiger partial charge in [-0.3, -0.25) is 9.48 Å². The number of halogens is 2. The average molecular weight is 526 g/mol. The maximum atomic E-state index is 13.0. The van der Waals surface area contributed by atoms with Gasteiger partial charge in [-0.25, -0.2) is 13.8 Å². The number of amides is 1. The number of hydrogen-bond acceptors (Lipinski definition) is 5. The molecular weight excluding hydrogens is 488 g/mol. The number of pyridine rings is 1. The van der Waals surface area contributed by atoms with E-state index >= 15 is 0 Å². The molecule has 0 bridgehead atoms. The van der Waals surface area contributed by atoms with Crippen LogP contribution in [0.15, 0.2) is 36.5 Å². The van der Waals surface area contributed by atoms with Crippen molar-refractivity contribution >= 4 is 16.8 Å². The minimum absolute atomic E-state index is 0.0120. The van der Waals surface area contributed by atoms with Crippen LogP contribution in [-0.4, -0.2) is 63.8 Å². The van der Waals surface area contributed by atoms with E-state index in [0.29, 0.717) is 11.5 Å². The fraction of sp³-hybridized carbons (Fsp3) is 0.552. The van der Waals surface area contributed by atoms with Crippen molar-refractivity contribution in [2.45, 2.75) is 70.4 Å². The van der Waals surface area contributed by atoms with Gasteiger partial charge in [0.1, 0.15) is 0 Å². The molecule has 1 unspecified atom stereocenters. The van der Waals surface area contributed by atoms with Crippen molar-refractivity contribution in [1.82, 2.24) is 25.0 Å². The fourth-order valence-electron chi connectivity index (χ4n) is 5.72. The molecule has 3 aromatic rings. The van der Waals surface area contributed by atoms with Crippen LogP contribution in [0, 0.1) is 5.92 Å².